The van der Waals surface area contributed by atoms with Gasteiger partial charge in [-0.2, -0.15) is 0 Å². The van der Waals surface area contributed by atoms with Crippen molar-refractivity contribution in [3.63, 3.8) is 0 Å². The number of pyridine rings is 1. The Labute approximate surface area is 123 Å². The standard InChI is InChI=1S/C12H11BrClFN2S/c1-17(6-8-2-11(13)18-7-8)12-9(4-14)3-10(15)5-16-12/h2-3,5,7H,4,6H2,1H3. The van der Waals surface area contributed by atoms with Gasteiger partial charge in [0.15, 0.2) is 0 Å². The normalized spacial score (nSPS) is 10.7. The Balaban J connectivity index is 2.20. The number of nitrogens with zero attached hydrogens (tertiary/aromatic N) is 2. The molecule has 0 saturated carbocycles. The Morgan fingerprint density at radius 3 is 2.89 bits per heavy atom. The number of alkyl halides is 1. The van der Waals surface area contributed by atoms with E-state index in [4.69, 9.17) is 11.6 Å². The Kier molecular flexibility index (Phi) is 4.59. The quantitative estimate of drug-likeness (QED) is 0.760. The number of rotatable bonds is 4. The Morgan fingerprint density at radius 2 is 2.28 bits per heavy atom. The van der Waals surface area contributed by atoms with Crippen LogP contribution < -0.4 is 4.90 Å². The van der Waals surface area contributed by atoms with Crippen molar-refractivity contribution in [1.82, 2.24) is 4.98 Å². The lowest BCUT2D eigenvalue weighted by Crippen LogP contribution is -2.19. The number of halogens is 3. The van der Waals surface area contributed by atoms with Crippen molar-refractivity contribution in [2.24, 2.45) is 0 Å². The second-order valence-corrected chi connectivity index (χ2v) is 6.44. The summed E-state index contributed by atoms with van der Waals surface area (Å²) >= 11 is 10.9. The Morgan fingerprint density at radius 1 is 1.50 bits per heavy atom. The summed E-state index contributed by atoms with van der Waals surface area (Å²) in [6, 6.07) is 3.49. The maximum Gasteiger partial charge on any atom is 0.141 e. The maximum absolute atomic E-state index is 13.1. The number of aromatic nitrogens is 1. The second-order valence-electron chi connectivity index (χ2n) is 3.89. The molecule has 0 radical (unpaired) electrons. The van der Waals surface area contributed by atoms with E-state index in [1.54, 1.807) is 11.3 Å². The topological polar surface area (TPSA) is 16.1 Å². The third-order valence-corrected chi connectivity index (χ3v) is 4.30. The molecule has 0 aliphatic carbocycles. The van der Waals surface area contributed by atoms with Crippen LogP contribution in [0.4, 0.5) is 10.2 Å². The molecule has 0 unspecified atom stereocenters. The summed E-state index contributed by atoms with van der Waals surface area (Å²) in [4.78, 5) is 6.07. The largest absolute Gasteiger partial charge is 0.355 e. The Bertz CT molecular complexity index is 547. The molecule has 0 bridgehead atoms. The summed E-state index contributed by atoms with van der Waals surface area (Å²) in [5.74, 6) is 0.604. The molecule has 2 heterocycles. The molecule has 0 aliphatic heterocycles. The van der Waals surface area contributed by atoms with Gasteiger partial charge in [-0.15, -0.1) is 22.9 Å². The van der Waals surface area contributed by atoms with Crippen LogP contribution in [0.3, 0.4) is 0 Å². The first-order valence-corrected chi connectivity index (χ1v) is 7.45. The van der Waals surface area contributed by atoms with Crippen molar-refractivity contribution < 1.29 is 4.39 Å². The summed E-state index contributed by atoms with van der Waals surface area (Å²) in [5.41, 5.74) is 1.88. The fraction of sp³-hybridized carbons (Fsp3) is 0.250. The molecule has 0 N–H and O–H groups in total. The van der Waals surface area contributed by atoms with Gasteiger partial charge < -0.3 is 4.90 Å². The van der Waals surface area contributed by atoms with Crippen LogP contribution in [-0.2, 0) is 12.4 Å². The van der Waals surface area contributed by atoms with Crippen LogP contribution in [0.25, 0.3) is 0 Å². The first kappa shape index (κ1) is 13.8. The van der Waals surface area contributed by atoms with Gasteiger partial charge in [-0.25, -0.2) is 9.37 Å². The van der Waals surface area contributed by atoms with E-state index in [9.17, 15) is 4.39 Å². The first-order valence-electron chi connectivity index (χ1n) is 5.24. The predicted molar refractivity (Wildman–Crippen MR) is 77.9 cm³/mol. The van der Waals surface area contributed by atoms with E-state index in [-0.39, 0.29) is 11.7 Å². The van der Waals surface area contributed by atoms with Crippen molar-refractivity contribution >= 4 is 44.7 Å². The third-order valence-electron chi connectivity index (χ3n) is 2.46. The average Bonchev–Trinajstić information content (AvgIpc) is 2.74. The minimum absolute atomic E-state index is 0.248. The van der Waals surface area contributed by atoms with Gasteiger partial charge >= 0.3 is 0 Å². The average molecular weight is 350 g/mol. The molecular weight excluding hydrogens is 339 g/mol. The molecule has 0 saturated heterocycles. The van der Waals surface area contributed by atoms with Gasteiger partial charge in [0.1, 0.15) is 11.6 Å². The molecule has 0 spiro atoms. The highest BCUT2D eigenvalue weighted by molar-refractivity contribution is 9.11. The van der Waals surface area contributed by atoms with Crippen LogP contribution in [0.15, 0.2) is 27.5 Å². The lowest BCUT2D eigenvalue weighted by atomic mass is 10.2. The van der Waals surface area contributed by atoms with E-state index in [1.165, 1.54) is 17.8 Å². The van der Waals surface area contributed by atoms with Gasteiger partial charge in [0.05, 0.1) is 15.9 Å². The van der Waals surface area contributed by atoms with Crippen LogP contribution in [0, 0.1) is 5.82 Å². The second kappa shape index (κ2) is 5.99. The van der Waals surface area contributed by atoms with Gasteiger partial charge in [0, 0.05) is 19.2 Å². The fourth-order valence-corrected chi connectivity index (χ4v) is 3.09. The minimum Gasteiger partial charge on any atom is -0.355 e. The molecule has 2 nitrogen and oxygen atoms in total. The molecule has 0 fully saturated rings. The zero-order valence-electron chi connectivity index (χ0n) is 9.66. The van der Waals surface area contributed by atoms with E-state index >= 15 is 0 Å². The molecule has 0 aliphatic rings. The van der Waals surface area contributed by atoms with Gasteiger partial charge in [-0.3, -0.25) is 0 Å². The molecule has 96 valence electrons. The highest BCUT2D eigenvalue weighted by atomic mass is 79.9. The van der Waals surface area contributed by atoms with Crippen molar-refractivity contribution in [2.45, 2.75) is 12.4 Å². The molecule has 6 heteroatoms. The molecular formula is C12H11BrClFN2S. The number of anilines is 1. The first-order chi connectivity index (χ1) is 8.60. The number of thiophene rings is 1. The van der Waals surface area contributed by atoms with Crippen LogP contribution in [0.1, 0.15) is 11.1 Å². The van der Waals surface area contributed by atoms with E-state index in [1.807, 2.05) is 11.9 Å². The van der Waals surface area contributed by atoms with Gasteiger partial charge in [0.25, 0.3) is 0 Å². The van der Waals surface area contributed by atoms with E-state index < -0.39 is 0 Å². The molecule has 0 aromatic carbocycles. The molecule has 2 rings (SSSR count). The van der Waals surface area contributed by atoms with E-state index in [2.05, 4.69) is 32.4 Å². The smallest absolute Gasteiger partial charge is 0.141 e. The monoisotopic (exact) mass is 348 g/mol. The molecule has 18 heavy (non-hydrogen) atoms. The van der Waals surface area contributed by atoms with Crippen molar-refractivity contribution in [3.8, 4) is 0 Å². The fourth-order valence-electron chi connectivity index (χ4n) is 1.69. The number of hydrogen-bond donors (Lipinski definition) is 0. The van der Waals surface area contributed by atoms with E-state index in [0.29, 0.717) is 17.9 Å². The predicted octanol–water partition coefficient (Wildman–Crippen LogP) is 4.42. The summed E-state index contributed by atoms with van der Waals surface area (Å²) < 4.78 is 14.2. The van der Waals surface area contributed by atoms with Crippen LogP contribution in [-0.4, -0.2) is 12.0 Å². The van der Waals surface area contributed by atoms with Gasteiger partial charge in [-0.1, -0.05) is 0 Å². The van der Waals surface area contributed by atoms with Gasteiger partial charge in [0.2, 0.25) is 0 Å². The molecule has 0 atom stereocenters. The SMILES string of the molecule is CN(Cc1csc(Br)c1)c1ncc(F)cc1CCl. The summed E-state index contributed by atoms with van der Waals surface area (Å²) in [7, 11) is 1.92. The lowest BCUT2D eigenvalue weighted by molar-refractivity contribution is 0.619. The summed E-state index contributed by atoms with van der Waals surface area (Å²) in [6.45, 7) is 0.713. The highest BCUT2D eigenvalue weighted by Gasteiger charge is 2.11. The Hall–Kier alpha value is -0.650. The third kappa shape index (κ3) is 3.22. The maximum atomic E-state index is 13.1. The van der Waals surface area contributed by atoms with Crippen molar-refractivity contribution in [3.05, 3.63) is 44.4 Å². The van der Waals surface area contributed by atoms with Crippen LogP contribution >= 0.6 is 38.9 Å². The highest BCUT2D eigenvalue weighted by Crippen LogP contribution is 2.25. The van der Waals surface area contributed by atoms with Crippen molar-refractivity contribution in [2.75, 3.05) is 11.9 Å². The van der Waals surface area contributed by atoms with E-state index in [0.717, 1.165) is 3.79 Å². The summed E-state index contributed by atoms with van der Waals surface area (Å²) in [6.07, 6.45) is 1.21. The molecule has 2 aromatic heterocycles. The zero-order valence-corrected chi connectivity index (χ0v) is 12.8. The molecule has 0 amide bonds. The minimum atomic E-state index is -0.360. The lowest BCUT2D eigenvalue weighted by Gasteiger charge is -2.20. The van der Waals surface area contributed by atoms with Crippen LogP contribution in [0.2, 0.25) is 0 Å². The number of hydrogen-bond acceptors (Lipinski definition) is 3. The van der Waals surface area contributed by atoms with Crippen LogP contribution in [0.5, 0.6) is 0 Å². The molecule has 2 aromatic rings. The zero-order chi connectivity index (χ0) is 13.1. The van der Waals surface area contributed by atoms with Crippen molar-refractivity contribution in [1.29, 1.82) is 0 Å². The summed E-state index contributed by atoms with van der Waals surface area (Å²) in [5, 5.41) is 2.07. The van der Waals surface area contributed by atoms with Gasteiger partial charge in [-0.05, 0) is 39.0 Å².